The summed E-state index contributed by atoms with van der Waals surface area (Å²) in [7, 11) is 0. The molecule has 8 aromatic carbocycles. The zero-order valence-electron chi connectivity index (χ0n) is 24.8. The molecule has 0 amide bonds. The molecule has 0 atom stereocenters. The molecule has 0 spiro atoms. The van der Waals surface area contributed by atoms with E-state index in [1.165, 1.54) is 54.9 Å². The lowest BCUT2D eigenvalue weighted by molar-refractivity contribution is 1.29. The van der Waals surface area contributed by atoms with Crippen molar-refractivity contribution < 1.29 is 0 Å². The predicted molar refractivity (Wildman–Crippen MR) is 192 cm³/mol. The molecule has 0 aromatic heterocycles. The van der Waals surface area contributed by atoms with Crippen LogP contribution in [0.2, 0.25) is 0 Å². The molecular formula is C44H31N. The van der Waals surface area contributed by atoms with E-state index in [1.807, 2.05) is 0 Å². The molecule has 8 rings (SSSR count). The Kier molecular flexibility index (Phi) is 6.90. The van der Waals surface area contributed by atoms with Gasteiger partial charge in [0.1, 0.15) is 0 Å². The summed E-state index contributed by atoms with van der Waals surface area (Å²) < 4.78 is 0. The summed E-state index contributed by atoms with van der Waals surface area (Å²) in [6.45, 7) is 0. The first kappa shape index (κ1) is 26.7. The molecule has 1 heteroatoms. The van der Waals surface area contributed by atoms with E-state index in [4.69, 9.17) is 0 Å². The second-order valence-electron chi connectivity index (χ2n) is 11.3. The number of anilines is 3. The van der Waals surface area contributed by atoms with Crippen molar-refractivity contribution in [1.82, 2.24) is 0 Å². The minimum Gasteiger partial charge on any atom is -0.309 e. The Hall–Kier alpha value is -5.92. The second kappa shape index (κ2) is 11.6. The van der Waals surface area contributed by atoms with Gasteiger partial charge in [-0.15, -0.1) is 0 Å². The number of hydrogen-bond acceptors (Lipinski definition) is 1. The van der Waals surface area contributed by atoms with Crippen LogP contribution in [0.4, 0.5) is 17.1 Å². The quantitative estimate of drug-likeness (QED) is 0.191. The summed E-state index contributed by atoms with van der Waals surface area (Å²) in [5.41, 5.74) is 10.6. The van der Waals surface area contributed by atoms with Crippen molar-refractivity contribution in [3.63, 3.8) is 0 Å². The fourth-order valence-electron chi connectivity index (χ4n) is 6.62. The second-order valence-corrected chi connectivity index (χ2v) is 11.3. The molecule has 0 heterocycles. The van der Waals surface area contributed by atoms with Crippen molar-refractivity contribution in [1.29, 1.82) is 0 Å². The van der Waals surface area contributed by atoms with Gasteiger partial charge in [-0.05, 0) is 56.4 Å². The molecule has 0 fully saturated rings. The first-order valence-electron chi connectivity index (χ1n) is 15.5. The fraction of sp³-hybridized carbons (Fsp3) is 0. The normalized spacial score (nSPS) is 11.1. The van der Waals surface area contributed by atoms with Gasteiger partial charge in [-0.1, -0.05) is 170 Å². The topological polar surface area (TPSA) is 3.24 Å². The van der Waals surface area contributed by atoms with Gasteiger partial charge in [0.25, 0.3) is 0 Å². The van der Waals surface area contributed by atoms with Gasteiger partial charge in [0.2, 0.25) is 0 Å². The highest BCUT2D eigenvalue weighted by molar-refractivity contribution is 6.12. The minimum absolute atomic E-state index is 1.13. The largest absolute Gasteiger partial charge is 0.309 e. The molecule has 0 aliphatic rings. The molecule has 1 nitrogen and oxygen atoms in total. The van der Waals surface area contributed by atoms with E-state index in [9.17, 15) is 0 Å². The van der Waals surface area contributed by atoms with Crippen LogP contribution in [0.5, 0.6) is 0 Å². The van der Waals surface area contributed by atoms with Crippen LogP contribution in [-0.2, 0) is 0 Å². The lowest BCUT2D eigenvalue weighted by atomic mass is 9.90. The number of nitrogens with zero attached hydrogens (tertiary/aromatic N) is 1. The first-order chi connectivity index (χ1) is 22.4. The fourth-order valence-corrected chi connectivity index (χ4v) is 6.62. The Morgan fingerprint density at radius 1 is 0.267 bits per heavy atom. The summed E-state index contributed by atoms with van der Waals surface area (Å²) in [4.78, 5) is 2.48. The Morgan fingerprint density at radius 3 is 1.33 bits per heavy atom. The van der Waals surface area contributed by atoms with Gasteiger partial charge in [0.05, 0.1) is 17.1 Å². The summed E-state index contributed by atoms with van der Waals surface area (Å²) in [5.74, 6) is 0. The summed E-state index contributed by atoms with van der Waals surface area (Å²) in [5, 5.41) is 4.92. The molecule has 0 aliphatic carbocycles. The third-order valence-corrected chi connectivity index (χ3v) is 8.67. The number of para-hydroxylation sites is 2. The van der Waals surface area contributed by atoms with E-state index in [2.05, 4.69) is 193 Å². The smallest absolute Gasteiger partial charge is 0.0547 e. The van der Waals surface area contributed by atoms with Crippen LogP contribution in [0.1, 0.15) is 0 Å². The third-order valence-electron chi connectivity index (χ3n) is 8.67. The Balaban J connectivity index is 1.51. The molecule has 0 saturated carbocycles. The number of rotatable bonds is 6. The van der Waals surface area contributed by atoms with Crippen molar-refractivity contribution in [3.05, 3.63) is 188 Å². The van der Waals surface area contributed by atoms with E-state index >= 15 is 0 Å². The van der Waals surface area contributed by atoms with E-state index < -0.39 is 0 Å². The highest BCUT2D eigenvalue weighted by Crippen LogP contribution is 2.50. The van der Waals surface area contributed by atoms with Crippen molar-refractivity contribution in [3.8, 4) is 33.4 Å². The predicted octanol–water partition coefficient (Wildman–Crippen LogP) is 12.5. The van der Waals surface area contributed by atoms with E-state index in [-0.39, 0.29) is 0 Å². The van der Waals surface area contributed by atoms with E-state index in [1.54, 1.807) is 0 Å². The SMILES string of the molecule is c1ccc(-c2ccccc2N(c2ccccc2-c2ccccc2)c2ccc3ccccc3c2-c2cccc3ccccc23)cc1. The van der Waals surface area contributed by atoms with Gasteiger partial charge >= 0.3 is 0 Å². The molecule has 0 saturated heterocycles. The molecule has 8 aromatic rings. The molecule has 212 valence electrons. The average Bonchev–Trinajstić information content (AvgIpc) is 3.12. The number of hydrogen-bond donors (Lipinski definition) is 0. The number of benzene rings is 8. The zero-order valence-corrected chi connectivity index (χ0v) is 24.8. The molecule has 0 bridgehead atoms. The monoisotopic (exact) mass is 573 g/mol. The molecule has 0 aliphatic heterocycles. The first-order valence-corrected chi connectivity index (χ1v) is 15.5. The maximum absolute atomic E-state index is 2.48. The Labute approximate surface area is 264 Å². The zero-order chi connectivity index (χ0) is 30.0. The Morgan fingerprint density at radius 2 is 0.711 bits per heavy atom. The standard InChI is InChI=1S/C44H31N/c1-3-16-33(17-4-1)37-24-11-13-28-41(37)45(42-29-14-12-25-38(42)34-18-5-2-6-19-34)43-31-30-35-21-8-10-26-39(35)44(43)40-27-15-22-32-20-7-9-23-36(32)40/h1-31H. The number of fused-ring (bicyclic) bond motifs is 2. The van der Waals surface area contributed by atoms with Crippen LogP contribution >= 0.6 is 0 Å². The van der Waals surface area contributed by atoms with E-state index in [0.717, 1.165) is 17.1 Å². The molecule has 0 unspecified atom stereocenters. The molecule has 0 N–H and O–H groups in total. The van der Waals surface area contributed by atoms with Crippen LogP contribution in [0.3, 0.4) is 0 Å². The van der Waals surface area contributed by atoms with Gasteiger partial charge in [0.15, 0.2) is 0 Å². The lowest BCUT2D eigenvalue weighted by Crippen LogP contribution is -2.14. The summed E-state index contributed by atoms with van der Waals surface area (Å²) in [6, 6.07) is 67.7. The van der Waals surface area contributed by atoms with Crippen LogP contribution < -0.4 is 4.90 Å². The van der Waals surface area contributed by atoms with E-state index in [0.29, 0.717) is 0 Å². The highest BCUT2D eigenvalue weighted by Gasteiger charge is 2.24. The lowest BCUT2D eigenvalue weighted by Gasteiger charge is -2.32. The molecule has 0 radical (unpaired) electrons. The summed E-state index contributed by atoms with van der Waals surface area (Å²) in [6.07, 6.45) is 0. The molecular weight excluding hydrogens is 542 g/mol. The van der Waals surface area contributed by atoms with Gasteiger partial charge in [-0.25, -0.2) is 0 Å². The maximum Gasteiger partial charge on any atom is 0.0547 e. The summed E-state index contributed by atoms with van der Waals surface area (Å²) >= 11 is 0. The Bertz CT molecular complexity index is 2180. The van der Waals surface area contributed by atoms with Gasteiger partial charge in [-0.2, -0.15) is 0 Å². The van der Waals surface area contributed by atoms with Crippen LogP contribution in [0.25, 0.3) is 54.9 Å². The van der Waals surface area contributed by atoms with Gasteiger partial charge in [-0.3, -0.25) is 0 Å². The molecule has 45 heavy (non-hydrogen) atoms. The third kappa shape index (κ3) is 4.85. The van der Waals surface area contributed by atoms with Crippen LogP contribution in [0.15, 0.2) is 188 Å². The highest BCUT2D eigenvalue weighted by atomic mass is 15.1. The van der Waals surface area contributed by atoms with Crippen molar-refractivity contribution in [2.75, 3.05) is 4.90 Å². The van der Waals surface area contributed by atoms with Crippen LogP contribution in [0, 0.1) is 0 Å². The van der Waals surface area contributed by atoms with Crippen LogP contribution in [-0.4, -0.2) is 0 Å². The minimum atomic E-state index is 1.13. The van der Waals surface area contributed by atoms with Gasteiger partial charge < -0.3 is 4.90 Å². The van der Waals surface area contributed by atoms with Gasteiger partial charge in [0, 0.05) is 16.7 Å². The average molecular weight is 574 g/mol. The van der Waals surface area contributed by atoms with Crippen molar-refractivity contribution in [2.45, 2.75) is 0 Å². The van der Waals surface area contributed by atoms with Crippen molar-refractivity contribution in [2.24, 2.45) is 0 Å². The van der Waals surface area contributed by atoms with Crippen molar-refractivity contribution >= 4 is 38.6 Å². The maximum atomic E-state index is 2.48.